The molecule has 0 amide bonds. The first-order chi connectivity index (χ1) is 15.8. The van der Waals surface area contributed by atoms with E-state index in [9.17, 15) is 14.4 Å². The second kappa shape index (κ2) is 7.52. The molecule has 0 unspecified atom stereocenters. The number of para-hydroxylation sites is 1. The number of nitrogens with one attached hydrogen (secondary N) is 2. The lowest BCUT2D eigenvalue weighted by Gasteiger charge is -2.08. The van der Waals surface area contributed by atoms with Crippen molar-refractivity contribution in [3.63, 3.8) is 0 Å². The third kappa shape index (κ3) is 3.37. The summed E-state index contributed by atoms with van der Waals surface area (Å²) < 4.78 is 4.11. The Hall–Kier alpha value is -4.60. The molecule has 0 aliphatic heterocycles. The van der Waals surface area contributed by atoms with E-state index in [0.29, 0.717) is 11.6 Å². The molecular formula is C23H20N6O4. The molecule has 5 aromatic rings. The highest BCUT2D eigenvalue weighted by atomic mass is 16.4. The SMILES string of the molecule is Cn1c(Nc2ccc(C(=O)O)cc2)nc2c1c(=O)n(Cc1cc3ccccc3[nH]1)c(=O)n2C. The fourth-order valence-electron chi connectivity index (χ4n) is 3.91. The van der Waals surface area contributed by atoms with Gasteiger partial charge in [-0.2, -0.15) is 4.98 Å². The molecule has 5 rings (SSSR count). The van der Waals surface area contributed by atoms with Crippen molar-refractivity contribution in [1.82, 2.24) is 23.7 Å². The molecule has 0 saturated carbocycles. The molecule has 33 heavy (non-hydrogen) atoms. The number of benzene rings is 2. The van der Waals surface area contributed by atoms with E-state index in [4.69, 9.17) is 5.11 Å². The van der Waals surface area contributed by atoms with Crippen LogP contribution in [0.4, 0.5) is 11.6 Å². The van der Waals surface area contributed by atoms with Gasteiger partial charge in [0.15, 0.2) is 11.2 Å². The van der Waals surface area contributed by atoms with Crippen molar-refractivity contribution in [2.24, 2.45) is 14.1 Å². The molecule has 10 nitrogen and oxygen atoms in total. The molecule has 3 N–H and O–H groups in total. The average Bonchev–Trinajstić information content (AvgIpc) is 3.36. The summed E-state index contributed by atoms with van der Waals surface area (Å²) in [4.78, 5) is 45.0. The number of hydrogen-bond acceptors (Lipinski definition) is 5. The fourth-order valence-corrected chi connectivity index (χ4v) is 3.91. The summed E-state index contributed by atoms with van der Waals surface area (Å²) in [6.07, 6.45) is 0. The monoisotopic (exact) mass is 444 g/mol. The second-order valence-electron chi connectivity index (χ2n) is 7.79. The first-order valence-electron chi connectivity index (χ1n) is 10.2. The van der Waals surface area contributed by atoms with Gasteiger partial charge in [0.2, 0.25) is 5.95 Å². The Balaban J connectivity index is 1.57. The third-order valence-electron chi connectivity index (χ3n) is 5.66. The molecule has 166 valence electrons. The van der Waals surface area contributed by atoms with Gasteiger partial charge in [0.25, 0.3) is 5.56 Å². The summed E-state index contributed by atoms with van der Waals surface area (Å²) in [5, 5.41) is 13.1. The second-order valence-corrected chi connectivity index (χ2v) is 7.79. The van der Waals surface area contributed by atoms with Crippen molar-refractivity contribution in [2.75, 3.05) is 5.32 Å². The van der Waals surface area contributed by atoms with Gasteiger partial charge in [-0.1, -0.05) is 18.2 Å². The Kier molecular flexibility index (Phi) is 4.63. The van der Waals surface area contributed by atoms with Gasteiger partial charge in [0.1, 0.15) is 0 Å². The quantitative estimate of drug-likeness (QED) is 0.382. The number of carboxylic acids is 1. The first-order valence-corrected chi connectivity index (χ1v) is 10.2. The number of carboxylic acid groups (broad SMARTS) is 1. The highest BCUT2D eigenvalue weighted by Crippen LogP contribution is 2.20. The van der Waals surface area contributed by atoms with Gasteiger partial charge >= 0.3 is 11.7 Å². The number of anilines is 2. The smallest absolute Gasteiger partial charge is 0.335 e. The molecule has 10 heteroatoms. The van der Waals surface area contributed by atoms with Crippen molar-refractivity contribution >= 4 is 39.7 Å². The Labute approximate surface area is 186 Å². The zero-order valence-electron chi connectivity index (χ0n) is 17.9. The summed E-state index contributed by atoms with van der Waals surface area (Å²) in [7, 11) is 3.26. The van der Waals surface area contributed by atoms with E-state index in [-0.39, 0.29) is 23.3 Å². The molecule has 3 aromatic heterocycles. The Bertz CT molecular complexity index is 1620. The van der Waals surface area contributed by atoms with E-state index in [1.807, 2.05) is 30.3 Å². The van der Waals surface area contributed by atoms with Crippen LogP contribution in [-0.4, -0.2) is 34.7 Å². The Morgan fingerprint density at radius 3 is 2.48 bits per heavy atom. The fraction of sp³-hybridized carbons (Fsp3) is 0.130. The van der Waals surface area contributed by atoms with Gasteiger partial charge in [-0.25, -0.2) is 9.59 Å². The number of fused-ring (bicyclic) bond motifs is 2. The first kappa shape index (κ1) is 20.3. The number of carbonyl (C=O) groups is 1. The van der Waals surface area contributed by atoms with E-state index in [1.165, 1.54) is 21.3 Å². The van der Waals surface area contributed by atoms with Crippen LogP contribution in [0.15, 0.2) is 64.2 Å². The van der Waals surface area contributed by atoms with Crippen molar-refractivity contribution in [3.05, 3.63) is 86.7 Å². The van der Waals surface area contributed by atoms with Crippen LogP contribution in [0.25, 0.3) is 22.1 Å². The largest absolute Gasteiger partial charge is 0.478 e. The van der Waals surface area contributed by atoms with Gasteiger partial charge < -0.3 is 20.0 Å². The van der Waals surface area contributed by atoms with Gasteiger partial charge in [0.05, 0.1) is 12.1 Å². The molecule has 0 aliphatic carbocycles. The van der Waals surface area contributed by atoms with Gasteiger partial charge in [-0.15, -0.1) is 0 Å². The highest BCUT2D eigenvalue weighted by Gasteiger charge is 2.19. The lowest BCUT2D eigenvalue weighted by molar-refractivity contribution is 0.0697. The number of nitrogens with zero attached hydrogens (tertiary/aromatic N) is 4. The van der Waals surface area contributed by atoms with E-state index >= 15 is 0 Å². The normalized spacial score (nSPS) is 11.3. The maximum Gasteiger partial charge on any atom is 0.335 e. The molecule has 0 bridgehead atoms. The minimum atomic E-state index is -1.02. The molecule has 3 heterocycles. The maximum absolute atomic E-state index is 13.3. The number of imidazole rings is 1. The number of hydrogen-bond donors (Lipinski definition) is 3. The van der Waals surface area contributed by atoms with Crippen molar-refractivity contribution < 1.29 is 9.90 Å². The van der Waals surface area contributed by atoms with Crippen LogP contribution in [-0.2, 0) is 20.6 Å². The summed E-state index contributed by atoms with van der Waals surface area (Å²) in [5.74, 6) is -0.668. The summed E-state index contributed by atoms with van der Waals surface area (Å²) in [6.45, 7) is 0.0979. The molecule has 0 spiro atoms. The van der Waals surface area contributed by atoms with Crippen molar-refractivity contribution in [3.8, 4) is 0 Å². The number of rotatable bonds is 5. The number of aryl methyl sites for hydroxylation is 2. The Morgan fingerprint density at radius 2 is 1.79 bits per heavy atom. The highest BCUT2D eigenvalue weighted by molar-refractivity contribution is 5.88. The number of aromatic nitrogens is 5. The van der Waals surface area contributed by atoms with E-state index in [2.05, 4.69) is 15.3 Å². The van der Waals surface area contributed by atoms with E-state index < -0.39 is 17.2 Å². The Morgan fingerprint density at radius 1 is 1.06 bits per heavy atom. The van der Waals surface area contributed by atoms with Gasteiger partial charge in [-0.3, -0.25) is 13.9 Å². The molecule has 0 atom stereocenters. The van der Waals surface area contributed by atoms with Crippen LogP contribution < -0.4 is 16.6 Å². The number of H-pyrrole nitrogens is 1. The van der Waals surface area contributed by atoms with Crippen LogP contribution in [0, 0.1) is 0 Å². The molecular weight excluding hydrogens is 424 g/mol. The molecule has 0 radical (unpaired) electrons. The lowest BCUT2D eigenvalue weighted by atomic mass is 10.2. The third-order valence-corrected chi connectivity index (χ3v) is 5.66. The van der Waals surface area contributed by atoms with Crippen LogP contribution in [0.2, 0.25) is 0 Å². The standard InChI is InChI=1S/C23H20N6O4/c1-27-18-19(26-22(27)25-15-9-7-13(8-10-15)21(31)32)28(2)23(33)29(20(18)30)12-16-11-14-5-3-4-6-17(14)24-16/h3-11,24H,12H2,1-2H3,(H,25,26)(H,31,32). The average molecular weight is 444 g/mol. The molecule has 0 saturated heterocycles. The summed E-state index contributed by atoms with van der Waals surface area (Å²) >= 11 is 0. The van der Waals surface area contributed by atoms with Crippen LogP contribution >= 0.6 is 0 Å². The predicted octanol–water partition coefficient (Wildman–Crippen LogP) is 2.41. The van der Waals surface area contributed by atoms with E-state index in [1.54, 1.807) is 30.8 Å². The predicted molar refractivity (Wildman–Crippen MR) is 124 cm³/mol. The number of aromatic amines is 1. The topological polar surface area (TPSA) is 127 Å². The zero-order chi connectivity index (χ0) is 23.3. The minimum Gasteiger partial charge on any atom is -0.478 e. The van der Waals surface area contributed by atoms with Crippen LogP contribution in [0.1, 0.15) is 16.1 Å². The zero-order valence-corrected chi connectivity index (χ0v) is 17.9. The summed E-state index contributed by atoms with van der Waals surface area (Å²) in [5.41, 5.74) is 2.04. The van der Waals surface area contributed by atoms with Crippen molar-refractivity contribution in [1.29, 1.82) is 0 Å². The maximum atomic E-state index is 13.3. The molecule has 0 aliphatic rings. The number of aromatic carboxylic acids is 1. The molecule has 2 aromatic carbocycles. The van der Waals surface area contributed by atoms with Gasteiger partial charge in [-0.05, 0) is 41.8 Å². The van der Waals surface area contributed by atoms with Crippen LogP contribution in [0.5, 0.6) is 0 Å². The van der Waals surface area contributed by atoms with Crippen molar-refractivity contribution in [2.45, 2.75) is 6.54 Å². The minimum absolute atomic E-state index is 0.0979. The van der Waals surface area contributed by atoms with Gasteiger partial charge in [0, 0.05) is 31.0 Å². The summed E-state index contributed by atoms with van der Waals surface area (Å²) in [6, 6.07) is 15.8. The lowest BCUT2D eigenvalue weighted by Crippen LogP contribution is -2.39. The van der Waals surface area contributed by atoms with Crippen LogP contribution in [0.3, 0.4) is 0 Å². The molecule has 0 fully saturated rings. The van der Waals surface area contributed by atoms with E-state index in [0.717, 1.165) is 16.6 Å².